The van der Waals surface area contributed by atoms with Crippen LogP contribution in [0.25, 0.3) is 0 Å². The third kappa shape index (κ3) is 3.00. The predicted molar refractivity (Wildman–Crippen MR) is 71.3 cm³/mol. The lowest BCUT2D eigenvalue weighted by atomic mass is 10.1. The van der Waals surface area contributed by atoms with Gasteiger partial charge in [0.05, 0.1) is 30.5 Å². The van der Waals surface area contributed by atoms with Crippen LogP contribution in [0, 0.1) is 0 Å². The van der Waals surface area contributed by atoms with Crippen LogP contribution in [0.4, 0.5) is 5.69 Å². The molecular weight excluding hydrogens is 268 g/mol. The number of halogens is 1. The molecule has 1 atom stereocenters. The summed E-state index contributed by atoms with van der Waals surface area (Å²) in [6, 6.07) is 1.85. The summed E-state index contributed by atoms with van der Waals surface area (Å²) in [6.45, 7) is 2.69. The van der Waals surface area contributed by atoms with Gasteiger partial charge >= 0.3 is 0 Å². The van der Waals surface area contributed by atoms with E-state index in [1.54, 1.807) is 12.4 Å². The molecule has 0 amide bonds. The fraction of sp³-hybridized carbons (Fsp3) is 0.615. The first-order chi connectivity index (χ1) is 9.27. The maximum Gasteiger partial charge on any atom is 0.173 e. The molecule has 0 saturated carbocycles. The van der Waals surface area contributed by atoms with E-state index in [1.807, 2.05) is 6.07 Å². The Kier molecular flexibility index (Phi) is 3.88. The Morgan fingerprint density at radius 2 is 2.26 bits per heavy atom. The van der Waals surface area contributed by atoms with Crippen LogP contribution >= 0.6 is 11.6 Å². The van der Waals surface area contributed by atoms with Crippen LogP contribution < -0.4 is 5.32 Å². The van der Waals surface area contributed by atoms with E-state index in [0.717, 1.165) is 18.5 Å². The van der Waals surface area contributed by atoms with E-state index in [9.17, 15) is 0 Å². The molecule has 6 heteroatoms. The molecule has 3 heterocycles. The van der Waals surface area contributed by atoms with E-state index >= 15 is 0 Å². The molecule has 104 valence electrons. The van der Waals surface area contributed by atoms with Crippen molar-refractivity contribution in [1.29, 1.82) is 0 Å². The SMILES string of the molecule is Clc1cnccc1NC[C@H]1COC2(CCOCC2)O1. The van der Waals surface area contributed by atoms with Crippen molar-refractivity contribution < 1.29 is 14.2 Å². The molecule has 0 aromatic carbocycles. The average Bonchev–Trinajstić information content (AvgIpc) is 2.82. The molecular formula is C13H17ClN2O3. The van der Waals surface area contributed by atoms with Crippen molar-refractivity contribution in [1.82, 2.24) is 4.98 Å². The highest BCUT2D eigenvalue weighted by molar-refractivity contribution is 6.33. The number of hydrogen-bond donors (Lipinski definition) is 1. The standard InChI is InChI=1S/C13H17ClN2O3/c14-11-8-15-4-1-12(11)16-7-10-9-18-13(19-10)2-5-17-6-3-13/h1,4,8,10H,2-3,5-7,9H2,(H,15,16)/t10-/m0/s1. The van der Waals surface area contributed by atoms with E-state index in [-0.39, 0.29) is 6.10 Å². The van der Waals surface area contributed by atoms with Gasteiger partial charge in [-0.25, -0.2) is 0 Å². The topological polar surface area (TPSA) is 52.6 Å². The highest BCUT2D eigenvalue weighted by atomic mass is 35.5. The number of hydrogen-bond acceptors (Lipinski definition) is 5. The number of aromatic nitrogens is 1. The monoisotopic (exact) mass is 284 g/mol. The molecule has 2 aliphatic heterocycles. The third-order valence-corrected chi connectivity index (χ3v) is 3.76. The van der Waals surface area contributed by atoms with E-state index in [0.29, 0.717) is 31.4 Å². The van der Waals surface area contributed by atoms with Crippen LogP contribution in [0.2, 0.25) is 5.02 Å². The van der Waals surface area contributed by atoms with Gasteiger partial charge < -0.3 is 19.5 Å². The van der Waals surface area contributed by atoms with Crippen LogP contribution in [-0.2, 0) is 14.2 Å². The zero-order valence-corrected chi connectivity index (χ0v) is 11.4. The molecule has 1 aromatic heterocycles. The fourth-order valence-corrected chi connectivity index (χ4v) is 2.59. The van der Waals surface area contributed by atoms with Crippen molar-refractivity contribution >= 4 is 17.3 Å². The van der Waals surface area contributed by atoms with Gasteiger partial charge in [0.25, 0.3) is 0 Å². The third-order valence-electron chi connectivity index (χ3n) is 3.46. The lowest BCUT2D eigenvalue weighted by Crippen LogP contribution is -2.38. The van der Waals surface area contributed by atoms with Crippen molar-refractivity contribution in [2.75, 3.05) is 31.7 Å². The summed E-state index contributed by atoms with van der Waals surface area (Å²) in [4.78, 5) is 3.95. The van der Waals surface area contributed by atoms with Gasteiger partial charge in [-0.3, -0.25) is 4.98 Å². The Bertz CT molecular complexity index is 438. The zero-order chi connectivity index (χ0) is 13.1. The smallest absolute Gasteiger partial charge is 0.173 e. The Morgan fingerprint density at radius 1 is 1.42 bits per heavy atom. The summed E-state index contributed by atoms with van der Waals surface area (Å²) in [5.41, 5.74) is 0.869. The molecule has 1 spiro atoms. The second-order valence-electron chi connectivity index (χ2n) is 4.81. The first-order valence-corrected chi connectivity index (χ1v) is 6.88. The molecule has 2 saturated heterocycles. The Morgan fingerprint density at radius 3 is 3.05 bits per heavy atom. The normalized spacial score (nSPS) is 25.6. The number of pyridine rings is 1. The summed E-state index contributed by atoms with van der Waals surface area (Å²) in [7, 11) is 0. The number of anilines is 1. The summed E-state index contributed by atoms with van der Waals surface area (Å²) in [6.07, 6.45) is 4.98. The van der Waals surface area contributed by atoms with Crippen LogP contribution in [-0.4, -0.2) is 43.2 Å². The summed E-state index contributed by atoms with van der Waals surface area (Å²) in [5, 5.41) is 3.88. The summed E-state index contributed by atoms with van der Waals surface area (Å²) >= 11 is 6.04. The maximum atomic E-state index is 6.04. The van der Waals surface area contributed by atoms with Crippen LogP contribution in [0.3, 0.4) is 0 Å². The minimum absolute atomic E-state index is 0.0438. The van der Waals surface area contributed by atoms with Crippen LogP contribution in [0.5, 0.6) is 0 Å². The second-order valence-corrected chi connectivity index (χ2v) is 5.22. The molecule has 0 unspecified atom stereocenters. The van der Waals surface area contributed by atoms with Crippen molar-refractivity contribution in [3.63, 3.8) is 0 Å². The van der Waals surface area contributed by atoms with Gasteiger partial charge in [0.2, 0.25) is 0 Å². The molecule has 1 aromatic rings. The molecule has 2 aliphatic rings. The molecule has 0 aliphatic carbocycles. The molecule has 5 nitrogen and oxygen atoms in total. The van der Waals surface area contributed by atoms with E-state index in [4.69, 9.17) is 25.8 Å². The number of rotatable bonds is 3. The average molecular weight is 285 g/mol. The minimum Gasteiger partial charge on any atom is -0.381 e. The van der Waals surface area contributed by atoms with E-state index < -0.39 is 5.79 Å². The van der Waals surface area contributed by atoms with Crippen LogP contribution in [0.15, 0.2) is 18.5 Å². The summed E-state index contributed by atoms with van der Waals surface area (Å²) in [5.74, 6) is -0.424. The maximum absolute atomic E-state index is 6.04. The largest absolute Gasteiger partial charge is 0.381 e. The van der Waals surface area contributed by atoms with Crippen molar-refractivity contribution in [2.45, 2.75) is 24.7 Å². The van der Waals surface area contributed by atoms with Crippen molar-refractivity contribution in [2.24, 2.45) is 0 Å². The highest BCUT2D eigenvalue weighted by Gasteiger charge is 2.42. The highest BCUT2D eigenvalue weighted by Crippen LogP contribution is 2.33. The van der Waals surface area contributed by atoms with Gasteiger partial charge in [0.15, 0.2) is 5.79 Å². The Balaban J connectivity index is 1.53. The Hall–Kier alpha value is -0.880. The first kappa shape index (κ1) is 13.1. The van der Waals surface area contributed by atoms with Gasteiger partial charge in [-0.1, -0.05) is 11.6 Å². The van der Waals surface area contributed by atoms with E-state index in [1.165, 1.54) is 0 Å². The predicted octanol–water partition coefficient (Wildman–Crippen LogP) is 2.07. The molecule has 19 heavy (non-hydrogen) atoms. The lowest BCUT2D eigenvalue weighted by Gasteiger charge is -2.31. The first-order valence-electron chi connectivity index (χ1n) is 6.50. The quantitative estimate of drug-likeness (QED) is 0.921. The number of nitrogens with one attached hydrogen (secondary N) is 1. The molecule has 3 rings (SSSR count). The molecule has 0 bridgehead atoms. The number of ether oxygens (including phenoxy) is 3. The number of nitrogens with zero attached hydrogens (tertiary/aromatic N) is 1. The zero-order valence-electron chi connectivity index (χ0n) is 10.6. The van der Waals surface area contributed by atoms with Gasteiger partial charge in [-0.05, 0) is 6.07 Å². The molecule has 0 radical (unpaired) electrons. The van der Waals surface area contributed by atoms with Crippen molar-refractivity contribution in [3.05, 3.63) is 23.5 Å². The second kappa shape index (κ2) is 5.63. The van der Waals surface area contributed by atoms with Gasteiger partial charge in [0, 0.05) is 31.8 Å². The minimum atomic E-state index is -0.424. The van der Waals surface area contributed by atoms with Crippen molar-refractivity contribution in [3.8, 4) is 0 Å². The fourth-order valence-electron chi connectivity index (χ4n) is 2.40. The van der Waals surface area contributed by atoms with Gasteiger partial charge in [-0.15, -0.1) is 0 Å². The molecule has 1 N–H and O–H groups in total. The van der Waals surface area contributed by atoms with Crippen LogP contribution in [0.1, 0.15) is 12.8 Å². The molecule has 2 fully saturated rings. The van der Waals surface area contributed by atoms with Gasteiger partial charge in [0.1, 0.15) is 6.10 Å². The van der Waals surface area contributed by atoms with E-state index in [2.05, 4.69) is 10.3 Å². The lowest BCUT2D eigenvalue weighted by molar-refractivity contribution is -0.209. The van der Waals surface area contributed by atoms with Gasteiger partial charge in [-0.2, -0.15) is 0 Å². The Labute approximate surface area is 117 Å². The summed E-state index contributed by atoms with van der Waals surface area (Å²) < 4.78 is 17.2.